The van der Waals surface area contributed by atoms with E-state index < -0.39 is 23.5 Å². The number of carbonyl (C=O) groups excluding carboxylic acids is 1. The molecule has 2 aromatic rings. The molecule has 0 saturated carbocycles. The average Bonchev–Trinajstić information content (AvgIpc) is 3.31. The predicted molar refractivity (Wildman–Crippen MR) is 119 cm³/mol. The Labute approximate surface area is 203 Å². The van der Waals surface area contributed by atoms with Gasteiger partial charge in [-0.05, 0) is 29.3 Å². The Hall–Kier alpha value is -3.34. The molecule has 0 aromatic heterocycles. The monoisotopic (exact) mass is 508 g/mol. The molecule has 36 heavy (non-hydrogen) atoms. The summed E-state index contributed by atoms with van der Waals surface area (Å²) in [6.07, 6.45) is -8.33. The van der Waals surface area contributed by atoms with Gasteiger partial charge in [-0.25, -0.2) is 0 Å². The Kier molecular flexibility index (Phi) is 6.06. The number of amides is 1. The fourth-order valence-corrected chi connectivity index (χ4v) is 4.84. The minimum atomic E-state index is -4.45. The van der Waals surface area contributed by atoms with Gasteiger partial charge in [0.2, 0.25) is 5.96 Å². The largest absolute Gasteiger partial charge is 0.416 e. The molecule has 0 N–H and O–H groups in total. The van der Waals surface area contributed by atoms with Gasteiger partial charge in [0.05, 0.1) is 29.8 Å². The summed E-state index contributed by atoms with van der Waals surface area (Å²) < 4.78 is 78.1. The highest BCUT2D eigenvalue weighted by Crippen LogP contribution is 2.34. The van der Waals surface area contributed by atoms with Crippen molar-refractivity contribution in [2.75, 3.05) is 26.2 Å². The van der Waals surface area contributed by atoms with Crippen LogP contribution in [0.2, 0.25) is 0 Å². The minimum absolute atomic E-state index is 0.0662. The molecule has 3 aliphatic rings. The highest BCUT2D eigenvalue weighted by atomic mass is 19.4. The van der Waals surface area contributed by atoms with Crippen LogP contribution < -0.4 is 0 Å². The fourth-order valence-electron chi connectivity index (χ4n) is 4.84. The molecule has 0 saturated heterocycles. The molecule has 5 rings (SSSR count). The number of hydrogen-bond donors (Lipinski definition) is 0. The van der Waals surface area contributed by atoms with Crippen LogP contribution in [0.3, 0.4) is 0 Å². The number of benzene rings is 2. The summed E-state index contributed by atoms with van der Waals surface area (Å²) >= 11 is 0. The van der Waals surface area contributed by atoms with Crippen molar-refractivity contribution in [1.82, 2.24) is 14.7 Å². The quantitative estimate of drug-likeness (QED) is 0.552. The number of carbonyl (C=O) groups is 1. The molecule has 0 atom stereocenters. The van der Waals surface area contributed by atoms with Crippen molar-refractivity contribution in [3.8, 4) is 0 Å². The van der Waals surface area contributed by atoms with Gasteiger partial charge in [0, 0.05) is 38.3 Å². The molecule has 5 nitrogen and oxygen atoms in total. The predicted octanol–water partition coefficient (Wildman–Crippen LogP) is 4.90. The van der Waals surface area contributed by atoms with Crippen molar-refractivity contribution in [3.63, 3.8) is 0 Å². The number of hydrogen-bond acceptors (Lipinski definition) is 4. The van der Waals surface area contributed by atoms with Crippen LogP contribution in [0, 0.1) is 0 Å². The lowest BCUT2D eigenvalue weighted by atomic mass is 9.99. The smallest absolute Gasteiger partial charge is 0.314 e. The summed E-state index contributed by atoms with van der Waals surface area (Å²) in [7, 11) is 0. The third kappa shape index (κ3) is 4.71. The van der Waals surface area contributed by atoms with E-state index in [-0.39, 0.29) is 25.5 Å². The summed E-state index contributed by atoms with van der Waals surface area (Å²) in [5.74, 6) is 0.209. The molecule has 3 aliphatic heterocycles. The van der Waals surface area contributed by atoms with Gasteiger partial charge >= 0.3 is 12.4 Å². The van der Waals surface area contributed by atoms with Gasteiger partial charge in [0.15, 0.2) is 0 Å². The van der Waals surface area contributed by atoms with E-state index in [0.717, 1.165) is 30.0 Å². The lowest BCUT2D eigenvalue weighted by molar-refractivity contribution is -0.138. The molecule has 3 heterocycles. The van der Waals surface area contributed by atoms with Crippen LogP contribution >= 0.6 is 0 Å². The zero-order valence-corrected chi connectivity index (χ0v) is 19.0. The van der Waals surface area contributed by atoms with E-state index in [4.69, 9.17) is 0 Å². The lowest BCUT2D eigenvalue weighted by Crippen LogP contribution is -2.53. The summed E-state index contributed by atoms with van der Waals surface area (Å²) in [5, 5.41) is 0. The maximum atomic E-state index is 13.5. The number of fused-ring (bicyclic) bond motifs is 2. The van der Waals surface area contributed by atoms with Gasteiger partial charge in [-0.15, -0.1) is 0 Å². The molecule has 0 spiro atoms. The van der Waals surface area contributed by atoms with Crippen LogP contribution in [0.15, 0.2) is 64.8 Å². The SMILES string of the molecule is O=C1C2=C(CCN(Cc3cccc(C(F)(F)F)c3)C2)N2CCN=C2N1Cc1ccc(C(F)(F)F)cc1. The number of guanidine groups is 1. The zero-order valence-electron chi connectivity index (χ0n) is 19.0. The maximum Gasteiger partial charge on any atom is 0.416 e. The van der Waals surface area contributed by atoms with E-state index >= 15 is 0 Å². The van der Waals surface area contributed by atoms with E-state index in [0.29, 0.717) is 48.7 Å². The van der Waals surface area contributed by atoms with E-state index in [2.05, 4.69) is 4.99 Å². The van der Waals surface area contributed by atoms with Crippen molar-refractivity contribution in [1.29, 1.82) is 0 Å². The third-order valence-corrected chi connectivity index (χ3v) is 6.57. The van der Waals surface area contributed by atoms with Crippen LogP contribution in [0.4, 0.5) is 26.3 Å². The molecule has 11 heteroatoms. The summed E-state index contributed by atoms with van der Waals surface area (Å²) in [5.41, 5.74) is 0.958. The second-order valence-corrected chi connectivity index (χ2v) is 9.00. The normalized spacial score (nSPS) is 18.9. The summed E-state index contributed by atoms with van der Waals surface area (Å²) in [6, 6.07) is 9.82. The van der Waals surface area contributed by atoms with E-state index in [9.17, 15) is 31.1 Å². The van der Waals surface area contributed by atoms with Crippen LogP contribution in [-0.4, -0.2) is 52.7 Å². The van der Waals surface area contributed by atoms with Crippen molar-refractivity contribution in [2.24, 2.45) is 4.99 Å². The van der Waals surface area contributed by atoms with Gasteiger partial charge in [-0.2, -0.15) is 26.3 Å². The van der Waals surface area contributed by atoms with E-state index in [1.54, 1.807) is 6.07 Å². The molecule has 2 aromatic carbocycles. The van der Waals surface area contributed by atoms with Gasteiger partial charge in [-0.1, -0.05) is 30.3 Å². The Morgan fingerprint density at radius 2 is 1.56 bits per heavy atom. The first kappa shape index (κ1) is 24.4. The topological polar surface area (TPSA) is 39.2 Å². The minimum Gasteiger partial charge on any atom is -0.314 e. The van der Waals surface area contributed by atoms with Crippen molar-refractivity contribution in [3.05, 3.63) is 82.1 Å². The van der Waals surface area contributed by atoms with Gasteiger partial charge in [0.1, 0.15) is 0 Å². The standard InChI is InChI=1S/C25H22F6N4O/c26-24(27,28)18-6-4-16(5-7-18)14-35-22(36)20-15-33(10-8-21(20)34-11-9-32-23(34)35)13-17-2-1-3-19(12-17)25(29,30)31/h1-7,12H,8-11,13-15H2. The summed E-state index contributed by atoms with van der Waals surface area (Å²) in [6.45, 7) is 2.25. The van der Waals surface area contributed by atoms with Gasteiger partial charge < -0.3 is 4.90 Å². The molecule has 190 valence electrons. The highest BCUT2D eigenvalue weighted by Gasteiger charge is 2.41. The Morgan fingerprint density at radius 1 is 0.833 bits per heavy atom. The Bertz CT molecular complexity index is 1230. The lowest BCUT2D eigenvalue weighted by Gasteiger charge is -2.42. The van der Waals surface area contributed by atoms with Gasteiger partial charge in [-0.3, -0.25) is 19.6 Å². The molecule has 0 bridgehead atoms. The summed E-state index contributed by atoms with van der Waals surface area (Å²) in [4.78, 5) is 23.4. The second kappa shape index (κ2) is 8.95. The van der Waals surface area contributed by atoms with Crippen molar-refractivity contribution < 1.29 is 31.1 Å². The molecule has 0 aliphatic carbocycles. The molecular formula is C25H22F6N4O. The van der Waals surface area contributed by atoms with Crippen LogP contribution in [-0.2, 0) is 30.2 Å². The van der Waals surface area contributed by atoms with Crippen LogP contribution in [0.1, 0.15) is 28.7 Å². The first-order valence-corrected chi connectivity index (χ1v) is 11.4. The van der Waals surface area contributed by atoms with Crippen LogP contribution in [0.25, 0.3) is 0 Å². The number of aliphatic imine (C=N–C) groups is 1. The maximum absolute atomic E-state index is 13.5. The number of nitrogens with zero attached hydrogens (tertiary/aromatic N) is 4. The Morgan fingerprint density at radius 3 is 2.25 bits per heavy atom. The number of rotatable bonds is 4. The van der Waals surface area contributed by atoms with E-state index in [1.807, 2.05) is 9.80 Å². The second-order valence-electron chi connectivity index (χ2n) is 9.00. The van der Waals surface area contributed by atoms with E-state index in [1.165, 1.54) is 23.1 Å². The Balaban J connectivity index is 1.36. The van der Waals surface area contributed by atoms with Gasteiger partial charge in [0.25, 0.3) is 5.91 Å². The van der Waals surface area contributed by atoms with Crippen LogP contribution in [0.5, 0.6) is 0 Å². The first-order chi connectivity index (χ1) is 17.0. The molecule has 0 unspecified atom stereocenters. The zero-order chi connectivity index (χ0) is 25.7. The third-order valence-electron chi connectivity index (χ3n) is 6.57. The first-order valence-electron chi connectivity index (χ1n) is 11.4. The molecule has 0 fully saturated rings. The number of halogens is 6. The number of alkyl halides is 6. The molecule has 0 radical (unpaired) electrons. The molecule has 1 amide bonds. The fraction of sp³-hybridized carbons (Fsp3) is 0.360. The van der Waals surface area contributed by atoms with Crippen molar-refractivity contribution in [2.45, 2.75) is 31.9 Å². The average molecular weight is 508 g/mol. The highest BCUT2D eigenvalue weighted by molar-refractivity contribution is 6.09. The molecular weight excluding hydrogens is 486 g/mol. The van der Waals surface area contributed by atoms with Crippen molar-refractivity contribution >= 4 is 11.9 Å².